The maximum atomic E-state index is 12.7. The number of aromatic nitrogens is 3. The lowest BCUT2D eigenvalue weighted by Gasteiger charge is -2.09. The summed E-state index contributed by atoms with van der Waals surface area (Å²) in [5.74, 6) is 0.309. The lowest BCUT2D eigenvalue weighted by molar-refractivity contribution is 0.102. The second-order valence-corrected chi connectivity index (χ2v) is 8.18. The first-order chi connectivity index (χ1) is 13.9. The van der Waals surface area contributed by atoms with Gasteiger partial charge in [-0.2, -0.15) is 4.80 Å². The minimum absolute atomic E-state index is 0.170. The zero-order chi connectivity index (χ0) is 20.5. The molecule has 0 fully saturated rings. The summed E-state index contributed by atoms with van der Waals surface area (Å²) in [7, 11) is 0. The van der Waals surface area contributed by atoms with Crippen LogP contribution in [0.25, 0.3) is 16.7 Å². The van der Waals surface area contributed by atoms with E-state index < -0.39 is 0 Å². The number of nitrogens with one attached hydrogen (secondary N) is 1. The molecule has 0 aliphatic rings. The van der Waals surface area contributed by atoms with E-state index in [2.05, 4.69) is 57.4 Å². The Morgan fingerprint density at radius 1 is 1.00 bits per heavy atom. The molecule has 1 aromatic heterocycles. The van der Waals surface area contributed by atoms with Gasteiger partial charge in [0, 0.05) is 10.2 Å². The number of amides is 1. The van der Waals surface area contributed by atoms with Gasteiger partial charge in [-0.25, -0.2) is 0 Å². The van der Waals surface area contributed by atoms with Gasteiger partial charge in [-0.3, -0.25) is 4.79 Å². The van der Waals surface area contributed by atoms with E-state index in [1.165, 1.54) is 5.56 Å². The normalized spacial score (nSPS) is 11.2. The summed E-state index contributed by atoms with van der Waals surface area (Å²) in [4.78, 5) is 14.3. The molecule has 0 aliphatic heterocycles. The fourth-order valence-corrected chi connectivity index (χ4v) is 3.61. The van der Waals surface area contributed by atoms with Crippen LogP contribution < -0.4 is 5.32 Å². The molecule has 0 unspecified atom stereocenters. The molecule has 3 aromatic carbocycles. The number of hydrogen-bond acceptors (Lipinski definition) is 3. The number of rotatable bonds is 4. The van der Waals surface area contributed by atoms with E-state index in [4.69, 9.17) is 0 Å². The number of halogens is 1. The summed E-state index contributed by atoms with van der Waals surface area (Å²) in [6.07, 6.45) is 0. The average Bonchev–Trinajstić information content (AvgIpc) is 3.11. The molecular weight excluding hydrogens is 428 g/mol. The first-order valence-electron chi connectivity index (χ1n) is 9.46. The van der Waals surface area contributed by atoms with E-state index in [9.17, 15) is 4.79 Å². The van der Waals surface area contributed by atoms with E-state index >= 15 is 0 Å². The summed E-state index contributed by atoms with van der Waals surface area (Å²) in [5.41, 5.74) is 5.93. The molecule has 1 N–H and O–H groups in total. The van der Waals surface area contributed by atoms with Crippen molar-refractivity contribution in [3.8, 4) is 5.69 Å². The lowest BCUT2D eigenvalue weighted by Crippen LogP contribution is -2.13. The van der Waals surface area contributed by atoms with Gasteiger partial charge in [0.2, 0.25) is 0 Å². The highest BCUT2D eigenvalue weighted by molar-refractivity contribution is 9.10. The standard InChI is InChI=1S/C23H21BrN4O/c1-14(2)16-8-10-17(11-9-16)28-26-21-12-15(3)20(13-22(21)27-28)25-23(29)18-6-4-5-7-19(18)24/h4-14H,1-3H3,(H,25,29). The molecule has 4 rings (SSSR count). The van der Waals surface area contributed by atoms with Crippen LogP contribution in [0.2, 0.25) is 0 Å². The first-order valence-corrected chi connectivity index (χ1v) is 10.3. The highest BCUT2D eigenvalue weighted by atomic mass is 79.9. The molecule has 0 saturated carbocycles. The van der Waals surface area contributed by atoms with Crippen molar-refractivity contribution in [3.05, 3.63) is 81.8 Å². The van der Waals surface area contributed by atoms with Crippen LogP contribution >= 0.6 is 15.9 Å². The van der Waals surface area contributed by atoms with Gasteiger partial charge in [-0.1, -0.05) is 38.1 Å². The number of fused-ring (bicyclic) bond motifs is 1. The van der Waals surface area contributed by atoms with Crippen LogP contribution in [-0.4, -0.2) is 20.9 Å². The molecule has 146 valence electrons. The predicted molar refractivity (Wildman–Crippen MR) is 120 cm³/mol. The number of benzene rings is 3. The molecule has 29 heavy (non-hydrogen) atoms. The zero-order valence-electron chi connectivity index (χ0n) is 16.5. The van der Waals surface area contributed by atoms with Gasteiger partial charge in [0.15, 0.2) is 0 Å². The third kappa shape index (κ3) is 3.93. The molecule has 0 radical (unpaired) electrons. The molecule has 0 spiro atoms. The smallest absolute Gasteiger partial charge is 0.256 e. The fraction of sp³-hybridized carbons (Fsp3) is 0.174. The minimum Gasteiger partial charge on any atom is -0.322 e. The third-order valence-electron chi connectivity index (χ3n) is 4.88. The second kappa shape index (κ2) is 7.79. The monoisotopic (exact) mass is 448 g/mol. The van der Waals surface area contributed by atoms with Gasteiger partial charge in [0.25, 0.3) is 5.91 Å². The van der Waals surface area contributed by atoms with Crippen LogP contribution in [0, 0.1) is 6.92 Å². The Balaban J connectivity index is 1.65. The van der Waals surface area contributed by atoms with E-state index in [0.717, 1.165) is 32.4 Å². The van der Waals surface area contributed by atoms with Crippen molar-refractivity contribution >= 4 is 38.6 Å². The maximum Gasteiger partial charge on any atom is 0.256 e. The predicted octanol–water partition coefficient (Wildman–Crippen LogP) is 5.87. The second-order valence-electron chi connectivity index (χ2n) is 7.33. The third-order valence-corrected chi connectivity index (χ3v) is 5.58. The van der Waals surface area contributed by atoms with Crippen molar-refractivity contribution in [2.45, 2.75) is 26.7 Å². The molecular formula is C23H21BrN4O. The summed E-state index contributed by atoms with van der Waals surface area (Å²) < 4.78 is 0.757. The lowest BCUT2D eigenvalue weighted by atomic mass is 10.0. The molecule has 0 saturated heterocycles. The molecule has 5 nitrogen and oxygen atoms in total. The Bertz CT molecular complexity index is 1200. The Morgan fingerprint density at radius 3 is 2.31 bits per heavy atom. The number of carbonyl (C=O) groups is 1. The van der Waals surface area contributed by atoms with Crippen molar-refractivity contribution in [3.63, 3.8) is 0 Å². The highest BCUT2D eigenvalue weighted by Gasteiger charge is 2.13. The number of nitrogens with zero attached hydrogens (tertiary/aromatic N) is 3. The number of aryl methyl sites for hydroxylation is 1. The first kappa shape index (κ1) is 19.3. The van der Waals surface area contributed by atoms with Crippen molar-refractivity contribution in [1.82, 2.24) is 15.0 Å². The van der Waals surface area contributed by atoms with Crippen LogP contribution in [0.3, 0.4) is 0 Å². The topological polar surface area (TPSA) is 59.8 Å². The summed E-state index contributed by atoms with van der Waals surface area (Å²) in [6, 6.07) is 19.4. The highest BCUT2D eigenvalue weighted by Crippen LogP contribution is 2.24. The van der Waals surface area contributed by atoms with Crippen LogP contribution in [0.4, 0.5) is 5.69 Å². The van der Waals surface area contributed by atoms with Crippen molar-refractivity contribution in [1.29, 1.82) is 0 Å². The number of carbonyl (C=O) groups excluding carboxylic acids is 1. The maximum absolute atomic E-state index is 12.7. The Morgan fingerprint density at radius 2 is 1.66 bits per heavy atom. The summed E-state index contributed by atoms with van der Waals surface area (Å²) in [6.45, 7) is 6.29. The SMILES string of the molecule is Cc1cc2nn(-c3ccc(C(C)C)cc3)nc2cc1NC(=O)c1ccccc1Br. The molecule has 0 bridgehead atoms. The number of anilines is 1. The van der Waals surface area contributed by atoms with Crippen LogP contribution in [-0.2, 0) is 0 Å². The van der Waals surface area contributed by atoms with Gasteiger partial charge in [-0.15, -0.1) is 10.2 Å². The molecule has 1 amide bonds. The van der Waals surface area contributed by atoms with Crippen molar-refractivity contribution in [2.75, 3.05) is 5.32 Å². The quantitative estimate of drug-likeness (QED) is 0.424. The molecule has 6 heteroatoms. The molecule has 4 aromatic rings. The Kier molecular flexibility index (Phi) is 5.20. The van der Waals surface area contributed by atoms with Gasteiger partial charge in [0.1, 0.15) is 11.0 Å². The Hall–Kier alpha value is -2.99. The van der Waals surface area contributed by atoms with Gasteiger partial charge < -0.3 is 5.32 Å². The van der Waals surface area contributed by atoms with Crippen LogP contribution in [0.15, 0.2) is 65.1 Å². The van der Waals surface area contributed by atoms with Crippen molar-refractivity contribution < 1.29 is 4.79 Å². The molecule has 1 heterocycles. The summed E-state index contributed by atoms with van der Waals surface area (Å²) >= 11 is 3.43. The fourth-order valence-electron chi connectivity index (χ4n) is 3.15. The minimum atomic E-state index is -0.170. The zero-order valence-corrected chi connectivity index (χ0v) is 18.1. The van der Waals surface area contributed by atoms with Crippen LogP contribution in [0.5, 0.6) is 0 Å². The van der Waals surface area contributed by atoms with Gasteiger partial charge >= 0.3 is 0 Å². The van der Waals surface area contributed by atoms with Crippen molar-refractivity contribution in [2.24, 2.45) is 0 Å². The number of hydrogen-bond donors (Lipinski definition) is 1. The summed E-state index contributed by atoms with van der Waals surface area (Å²) in [5, 5.41) is 12.2. The Labute approximate surface area is 177 Å². The van der Waals surface area contributed by atoms with E-state index in [1.54, 1.807) is 10.9 Å². The van der Waals surface area contributed by atoms with Crippen LogP contribution in [0.1, 0.15) is 41.3 Å². The van der Waals surface area contributed by atoms with E-state index in [1.807, 2.05) is 49.4 Å². The largest absolute Gasteiger partial charge is 0.322 e. The van der Waals surface area contributed by atoms with E-state index in [0.29, 0.717) is 11.5 Å². The van der Waals surface area contributed by atoms with E-state index in [-0.39, 0.29) is 5.91 Å². The van der Waals surface area contributed by atoms with Gasteiger partial charge in [-0.05, 0) is 76.3 Å². The molecule has 0 atom stereocenters. The van der Waals surface area contributed by atoms with Gasteiger partial charge in [0.05, 0.1) is 11.3 Å². The average molecular weight is 449 g/mol. The molecule has 0 aliphatic carbocycles.